The largest absolute Gasteiger partial charge is 0.497 e. The molecule has 1 aromatic carbocycles. The van der Waals surface area contributed by atoms with Gasteiger partial charge < -0.3 is 9.47 Å². The summed E-state index contributed by atoms with van der Waals surface area (Å²) in [6, 6.07) is 5.77. The van der Waals surface area contributed by atoms with E-state index in [-0.39, 0.29) is 0 Å². The van der Waals surface area contributed by atoms with E-state index < -0.39 is 0 Å². The molecule has 1 aliphatic heterocycles. The molecule has 0 saturated heterocycles. The number of ether oxygens (including phenoxy) is 2. The first kappa shape index (κ1) is 7.47. The molecule has 0 atom stereocenters. The Bertz CT molecular complexity index is 281. The summed E-state index contributed by atoms with van der Waals surface area (Å²) in [5, 5.41) is 0. The Labute approximate surface area is 72.1 Å². The first-order chi connectivity index (χ1) is 5.90. The van der Waals surface area contributed by atoms with Crippen molar-refractivity contribution in [1.29, 1.82) is 0 Å². The molecule has 0 N–H and O–H groups in total. The lowest BCUT2D eigenvalue weighted by Gasteiger charge is -2.16. The molecule has 1 aromatic rings. The highest BCUT2D eigenvalue weighted by Crippen LogP contribution is 2.29. The minimum Gasteiger partial charge on any atom is -0.497 e. The van der Waals surface area contributed by atoms with Crippen LogP contribution in [0.1, 0.15) is 12.0 Å². The maximum atomic E-state index is 5.42. The van der Waals surface area contributed by atoms with E-state index in [0.29, 0.717) is 0 Å². The molecule has 0 bridgehead atoms. The molecule has 0 fully saturated rings. The fraction of sp³-hybridized carbons (Fsp3) is 0.300. The summed E-state index contributed by atoms with van der Waals surface area (Å²) in [5.41, 5.74) is 1.04. The molecule has 62 valence electrons. The van der Waals surface area contributed by atoms with Gasteiger partial charge >= 0.3 is 0 Å². The predicted molar refractivity (Wildman–Crippen MR) is 45.5 cm³/mol. The van der Waals surface area contributed by atoms with Crippen molar-refractivity contribution >= 4 is 0 Å². The Balaban J connectivity index is 2.36. The number of benzene rings is 1. The van der Waals surface area contributed by atoms with Crippen molar-refractivity contribution in [2.45, 2.75) is 6.42 Å². The highest BCUT2D eigenvalue weighted by atomic mass is 16.5. The quantitative estimate of drug-likeness (QED) is 0.628. The van der Waals surface area contributed by atoms with Crippen molar-refractivity contribution in [3.05, 3.63) is 30.2 Å². The van der Waals surface area contributed by atoms with Crippen LogP contribution in [-0.4, -0.2) is 13.7 Å². The monoisotopic (exact) mass is 162 g/mol. The average molecular weight is 162 g/mol. The highest BCUT2D eigenvalue weighted by molar-refractivity contribution is 5.45. The number of fused-ring (bicyclic) bond motifs is 1. The minimum absolute atomic E-state index is 0.722. The van der Waals surface area contributed by atoms with Gasteiger partial charge in [-0.1, -0.05) is 6.07 Å². The van der Waals surface area contributed by atoms with Crippen LogP contribution in [0.4, 0.5) is 0 Å². The molecule has 2 nitrogen and oxygen atoms in total. The second-order valence-electron chi connectivity index (χ2n) is 2.64. The zero-order valence-electron chi connectivity index (χ0n) is 6.96. The Morgan fingerprint density at radius 2 is 2.42 bits per heavy atom. The van der Waals surface area contributed by atoms with E-state index in [1.807, 2.05) is 18.2 Å². The Morgan fingerprint density at radius 1 is 1.50 bits per heavy atom. The summed E-state index contributed by atoms with van der Waals surface area (Å²) < 4.78 is 10.5. The summed E-state index contributed by atoms with van der Waals surface area (Å²) >= 11 is 0. The number of rotatable bonds is 1. The van der Waals surface area contributed by atoms with Crippen molar-refractivity contribution in [2.75, 3.05) is 13.7 Å². The van der Waals surface area contributed by atoms with Gasteiger partial charge in [0.2, 0.25) is 0 Å². The average Bonchev–Trinajstić information content (AvgIpc) is 2.17. The second-order valence-corrected chi connectivity index (χ2v) is 2.64. The van der Waals surface area contributed by atoms with Gasteiger partial charge in [-0.05, 0) is 12.5 Å². The second kappa shape index (κ2) is 3.05. The Kier molecular flexibility index (Phi) is 1.90. The molecule has 1 heterocycles. The molecule has 2 rings (SSSR count). The summed E-state index contributed by atoms with van der Waals surface area (Å²) in [7, 11) is 1.65. The minimum atomic E-state index is 0.722. The maximum absolute atomic E-state index is 5.42. The zero-order chi connectivity index (χ0) is 8.39. The normalized spacial score (nSPS) is 14.8. The van der Waals surface area contributed by atoms with Crippen LogP contribution in [0.25, 0.3) is 0 Å². The Morgan fingerprint density at radius 3 is 3.25 bits per heavy atom. The van der Waals surface area contributed by atoms with Crippen LogP contribution in [0.3, 0.4) is 0 Å². The first-order valence-corrected chi connectivity index (χ1v) is 3.95. The third-order valence-corrected chi connectivity index (χ3v) is 1.86. The molecule has 2 heteroatoms. The third-order valence-electron chi connectivity index (χ3n) is 1.86. The molecule has 2 radical (unpaired) electrons. The summed E-state index contributed by atoms with van der Waals surface area (Å²) in [5.74, 6) is 1.71. The van der Waals surface area contributed by atoms with Gasteiger partial charge in [0, 0.05) is 18.1 Å². The molecule has 0 saturated carbocycles. The van der Waals surface area contributed by atoms with E-state index in [1.54, 1.807) is 7.11 Å². The lowest BCUT2D eigenvalue weighted by Crippen LogP contribution is -2.06. The van der Waals surface area contributed by atoms with E-state index >= 15 is 0 Å². The van der Waals surface area contributed by atoms with E-state index in [4.69, 9.17) is 9.47 Å². The van der Waals surface area contributed by atoms with Gasteiger partial charge in [0.05, 0.1) is 13.7 Å². The number of hydrogen-bond acceptors (Lipinski definition) is 2. The van der Waals surface area contributed by atoms with Gasteiger partial charge in [0.25, 0.3) is 0 Å². The Hall–Kier alpha value is -1.18. The van der Waals surface area contributed by atoms with Crippen molar-refractivity contribution in [3.8, 4) is 11.5 Å². The lowest BCUT2D eigenvalue weighted by atomic mass is 10.1. The summed E-state index contributed by atoms with van der Waals surface area (Å²) in [6.07, 6.45) is 4.11. The molecule has 0 unspecified atom stereocenters. The third kappa shape index (κ3) is 1.24. The van der Waals surface area contributed by atoms with E-state index in [2.05, 4.69) is 6.42 Å². The molecule has 0 aromatic heterocycles. The van der Waals surface area contributed by atoms with Gasteiger partial charge in [0.15, 0.2) is 0 Å². The van der Waals surface area contributed by atoms with Crippen LogP contribution in [0.5, 0.6) is 11.5 Å². The van der Waals surface area contributed by atoms with Crippen LogP contribution >= 0.6 is 0 Å². The fourth-order valence-corrected chi connectivity index (χ4v) is 1.24. The van der Waals surface area contributed by atoms with Gasteiger partial charge in [-0.25, -0.2) is 0 Å². The van der Waals surface area contributed by atoms with Gasteiger partial charge in [-0.3, -0.25) is 0 Å². The summed E-state index contributed by atoms with van der Waals surface area (Å²) in [6.45, 7) is 0.722. The van der Waals surface area contributed by atoms with Crippen molar-refractivity contribution in [1.82, 2.24) is 0 Å². The number of methoxy groups -OCH3 is 1. The van der Waals surface area contributed by atoms with E-state index in [1.165, 1.54) is 0 Å². The van der Waals surface area contributed by atoms with Crippen LogP contribution in [0.2, 0.25) is 0 Å². The number of hydrogen-bond donors (Lipinski definition) is 0. The van der Waals surface area contributed by atoms with E-state index in [0.717, 1.165) is 30.1 Å². The molecule has 0 amide bonds. The lowest BCUT2D eigenvalue weighted by molar-refractivity contribution is 0.303. The topological polar surface area (TPSA) is 18.5 Å². The van der Waals surface area contributed by atoms with Crippen LogP contribution in [0, 0.1) is 6.42 Å². The van der Waals surface area contributed by atoms with Gasteiger partial charge in [-0.15, -0.1) is 0 Å². The van der Waals surface area contributed by atoms with Gasteiger partial charge in [0.1, 0.15) is 11.5 Å². The van der Waals surface area contributed by atoms with Crippen LogP contribution in [0.15, 0.2) is 18.2 Å². The molecule has 1 aliphatic rings. The molecular weight excluding hydrogens is 152 g/mol. The van der Waals surface area contributed by atoms with Gasteiger partial charge in [-0.2, -0.15) is 0 Å². The maximum Gasteiger partial charge on any atom is 0.126 e. The molecular formula is C10H10O2. The summed E-state index contributed by atoms with van der Waals surface area (Å²) in [4.78, 5) is 0. The van der Waals surface area contributed by atoms with Crippen molar-refractivity contribution in [2.24, 2.45) is 0 Å². The van der Waals surface area contributed by atoms with Crippen molar-refractivity contribution in [3.63, 3.8) is 0 Å². The molecule has 12 heavy (non-hydrogen) atoms. The van der Waals surface area contributed by atoms with Crippen LogP contribution < -0.4 is 9.47 Å². The predicted octanol–water partition coefficient (Wildman–Crippen LogP) is 1.91. The highest BCUT2D eigenvalue weighted by Gasteiger charge is 2.10. The first-order valence-electron chi connectivity index (χ1n) is 3.95. The smallest absolute Gasteiger partial charge is 0.126 e. The van der Waals surface area contributed by atoms with Crippen LogP contribution in [-0.2, 0) is 0 Å². The SMILES string of the molecule is COc1ccc2c(c1)OCC[C]2. The molecule has 0 aliphatic carbocycles. The fourth-order valence-electron chi connectivity index (χ4n) is 1.24. The van der Waals surface area contributed by atoms with Crippen molar-refractivity contribution < 1.29 is 9.47 Å². The van der Waals surface area contributed by atoms with E-state index in [9.17, 15) is 0 Å². The zero-order valence-corrected chi connectivity index (χ0v) is 6.96. The standard InChI is InChI=1S/C10H10O2/c1-11-9-5-4-8-3-2-6-12-10(8)7-9/h4-5,7H,2,6H2,1H3. The molecule has 0 spiro atoms.